The largest absolute Gasteiger partial charge is 0.481 e. The lowest BCUT2D eigenvalue weighted by Crippen LogP contribution is -2.00. The molecule has 1 N–H and O–H groups in total. The van der Waals surface area contributed by atoms with Crippen LogP contribution in [0.3, 0.4) is 0 Å². The monoisotopic (exact) mass is 292 g/mol. The number of nitrogens with one attached hydrogen (secondary N) is 1. The van der Waals surface area contributed by atoms with Crippen molar-refractivity contribution in [3.8, 4) is 5.88 Å². The lowest BCUT2D eigenvalue weighted by molar-refractivity contribution is 0.398. The lowest BCUT2D eigenvalue weighted by atomic mass is 10.2. The molecule has 0 aliphatic heterocycles. The SMILES string of the molecule is COc1cc(NCc2cccc(Br)c2)ccn1. The first kappa shape index (κ1) is 11.9. The van der Waals surface area contributed by atoms with Gasteiger partial charge in [0.05, 0.1) is 7.11 Å². The molecule has 0 unspecified atom stereocenters. The van der Waals surface area contributed by atoms with Crippen molar-refractivity contribution < 1.29 is 4.74 Å². The molecule has 0 saturated heterocycles. The molecule has 2 rings (SSSR count). The third-order valence-electron chi connectivity index (χ3n) is 2.33. The first-order valence-electron chi connectivity index (χ1n) is 5.26. The number of nitrogens with zero attached hydrogens (tertiary/aromatic N) is 1. The second kappa shape index (κ2) is 5.68. The van der Waals surface area contributed by atoms with Gasteiger partial charge in [-0.1, -0.05) is 28.1 Å². The van der Waals surface area contributed by atoms with Gasteiger partial charge in [0.25, 0.3) is 0 Å². The Labute approximate surface area is 109 Å². The molecule has 0 amide bonds. The van der Waals surface area contributed by atoms with Crippen molar-refractivity contribution in [1.29, 1.82) is 0 Å². The van der Waals surface area contributed by atoms with E-state index in [9.17, 15) is 0 Å². The van der Waals surface area contributed by atoms with Crippen molar-refractivity contribution in [1.82, 2.24) is 4.98 Å². The van der Waals surface area contributed by atoms with Gasteiger partial charge in [0, 0.05) is 29.0 Å². The number of ether oxygens (including phenoxy) is 1. The summed E-state index contributed by atoms with van der Waals surface area (Å²) in [5, 5.41) is 3.32. The minimum Gasteiger partial charge on any atom is -0.481 e. The van der Waals surface area contributed by atoms with E-state index in [2.05, 4.69) is 38.4 Å². The quantitative estimate of drug-likeness (QED) is 0.937. The maximum absolute atomic E-state index is 5.07. The van der Waals surface area contributed by atoms with Gasteiger partial charge in [-0.25, -0.2) is 4.98 Å². The van der Waals surface area contributed by atoms with E-state index in [0.717, 1.165) is 16.7 Å². The Morgan fingerprint density at radius 3 is 2.94 bits per heavy atom. The molecular formula is C13H13BrN2O. The van der Waals surface area contributed by atoms with Crippen LogP contribution in [-0.4, -0.2) is 12.1 Å². The van der Waals surface area contributed by atoms with Gasteiger partial charge in [-0.15, -0.1) is 0 Å². The summed E-state index contributed by atoms with van der Waals surface area (Å²) in [5.74, 6) is 0.615. The Hall–Kier alpha value is -1.55. The molecule has 17 heavy (non-hydrogen) atoms. The smallest absolute Gasteiger partial charge is 0.214 e. The first-order chi connectivity index (χ1) is 8.28. The molecular weight excluding hydrogens is 280 g/mol. The van der Waals surface area contributed by atoms with Crippen LogP contribution in [0.15, 0.2) is 47.1 Å². The summed E-state index contributed by atoms with van der Waals surface area (Å²) in [6, 6.07) is 12.0. The highest BCUT2D eigenvalue weighted by Crippen LogP contribution is 2.16. The summed E-state index contributed by atoms with van der Waals surface area (Å²) in [5.41, 5.74) is 2.21. The minimum absolute atomic E-state index is 0.615. The van der Waals surface area contributed by atoms with Gasteiger partial charge in [0.1, 0.15) is 0 Å². The van der Waals surface area contributed by atoms with Crippen LogP contribution in [0.25, 0.3) is 0 Å². The number of benzene rings is 1. The Morgan fingerprint density at radius 1 is 1.29 bits per heavy atom. The van der Waals surface area contributed by atoms with Gasteiger partial charge in [-0.2, -0.15) is 0 Å². The zero-order valence-electron chi connectivity index (χ0n) is 9.48. The highest BCUT2D eigenvalue weighted by Gasteiger charge is 1.97. The number of aromatic nitrogens is 1. The van der Waals surface area contributed by atoms with Crippen molar-refractivity contribution in [2.75, 3.05) is 12.4 Å². The molecule has 0 spiro atoms. The molecule has 1 aromatic heterocycles. The fourth-order valence-corrected chi connectivity index (χ4v) is 1.93. The van der Waals surface area contributed by atoms with Crippen molar-refractivity contribution in [3.05, 3.63) is 52.6 Å². The van der Waals surface area contributed by atoms with E-state index in [4.69, 9.17) is 4.74 Å². The van der Waals surface area contributed by atoms with Gasteiger partial charge >= 0.3 is 0 Å². The molecule has 1 heterocycles. The predicted molar refractivity (Wildman–Crippen MR) is 72.3 cm³/mol. The normalized spacial score (nSPS) is 10.0. The van der Waals surface area contributed by atoms with E-state index >= 15 is 0 Å². The van der Waals surface area contributed by atoms with E-state index < -0.39 is 0 Å². The third kappa shape index (κ3) is 3.46. The molecule has 0 saturated carbocycles. The highest BCUT2D eigenvalue weighted by molar-refractivity contribution is 9.10. The fraction of sp³-hybridized carbons (Fsp3) is 0.154. The van der Waals surface area contributed by atoms with E-state index in [0.29, 0.717) is 5.88 Å². The summed E-state index contributed by atoms with van der Waals surface area (Å²) in [6.45, 7) is 0.770. The second-order valence-electron chi connectivity index (χ2n) is 3.57. The number of rotatable bonds is 4. The van der Waals surface area contributed by atoms with Crippen LogP contribution in [0.2, 0.25) is 0 Å². The number of hydrogen-bond acceptors (Lipinski definition) is 3. The Balaban J connectivity index is 2.02. The molecule has 4 heteroatoms. The lowest BCUT2D eigenvalue weighted by Gasteiger charge is -2.07. The third-order valence-corrected chi connectivity index (χ3v) is 2.82. The Bertz CT molecular complexity index is 502. The Morgan fingerprint density at radius 2 is 2.18 bits per heavy atom. The van der Waals surface area contributed by atoms with Crippen LogP contribution in [-0.2, 0) is 6.54 Å². The van der Waals surface area contributed by atoms with Crippen molar-refractivity contribution in [2.45, 2.75) is 6.54 Å². The molecule has 88 valence electrons. The van der Waals surface area contributed by atoms with E-state index in [1.165, 1.54) is 5.56 Å². The number of halogens is 1. The fourth-order valence-electron chi connectivity index (χ4n) is 1.48. The van der Waals surface area contributed by atoms with Gasteiger partial charge in [-0.3, -0.25) is 0 Å². The highest BCUT2D eigenvalue weighted by atomic mass is 79.9. The predicted octanol–water partition coefficient (Wildman–Crippen LogP) is 3.46. The number of pyridine rings is 1. The number of anilines is 1. The molecule has 0 fully saturated rings. The molecule has 3 nitrogen and oxygen atoms in total. The standard InChI is InChI=1S/C13H13BrN2O/c1-17-13-8-12(5-6-15-13)16-9-10-3-2-4-11(14)7-10/h2-8H,9H2,1H3,(H,15,16). The van der Waals surface area contributed by atoms with E-state index in [-0.39, 0.29) is 0 Å². The summed E-state index contributed by atoms with van der Waals surface area (Å²) in [6.07, 6.45) is 1.72. The van der Waals surface area contributed by atoms with Crippen LogP contribution in [0.4, 0.5) is 5.69 Å². The Kier molecular flexibility index (Phi) is 3.98. The summed E-state index contributed by atoms with van der Waals surface area (Å²) < 4.78 is 6.15. The van der Waals surface area contributed by atoms with Crippen LogP contribution >= 0.6 is 15.9 Å². The van der Waals surface area contributed by atoms with Crippen molar-refractivity contribution >= 4 is 21.6 Å². The molecule has 0 aliphatic rings. The van der Waals surface area contributed by atoms with Crippen LogP contribution in [0, 0.1) is 0 Å². The molecule has 2 aromatic rings. The molecule has 0 atom stereocenters. The molecule has 0 aliphatic carbocycles. The molecule has 0 radical (unpaired) electrons. The summed E-state index contributed by atoms with van der Waals surface area (Å²) in [7, 11) is 1.61. The maximum Gasteiger partial charge on any atom is 0.214 e. The van der Waals surface area contributed by atoms with Gasteiger partial charge < -0.3 is 10.1 Å². The van der Waals surface area contributed by atoms with Gasteiger partial charge in [-0.05, 0) is 23.8 Å². The van der Waals surface area contributed by atoms with E-state index in [1.807, 2.05) is 24.3 Å². The van der Waals surface area contributed by atoms with Gasteiger partial charge in [0.2, 0.25) is 5.88 Å². The topological polar surface area (TPSA) is 34.1 Å². The van der Waals surface area contributed by atoms with E-state index in [1.54, 1.807) is 13.3 Å². The van der Waals surface area contributed by atoms with Crippen molar-refractivity contribution in [3.63, 3.8) is 0 Å². The van der Waals surface area contributed by atoms with Crippen LogP contribution in [0.5, 0.6) is 5.88 Å². The number of methoxy groups -OCH3 is 1. The summed E-state index contributed by atoms with van der Waals surface area (Å²) in [4.78, 5) is 4.06. The molecule has 1 aromatic carbocycles. The van der Waals surface area contributed by atoms with Gasteiger partial charge in [0.15, 0.2) is 0 Å². The first-order valence-corrected chi connectivity index (χ1v) is 6.05. The average molecular weight is 293 g/mol. The van der Waals surface area contributed by atoms with Crippen molar-refractivity contribution in [2.24, 2.45) is 0 Å². The average Bonchev–Trinajstić information content (AvgIpc) is 2.37. The maximum atomic E-state index is 5.07. The number of hydrogen-bond donors (Lipinski definition) is 1. The van der Waals surface area contributed by atoms with Crippen LogP contribution < -0.4 is 10.1 Å². The second-order valence-corrected chi connectivity index (χ2v) is 4.49. The zero-order valence-corrected chi connectivity index (χ0v) is 11.1. The zero-order chi connectivity index (χ0) is 12.1. The van der Waals surface area contributed by atoms with Crippen LogP contribution in [0.1, 0.15) is 5.56 Å². The molecule has 0 bridgehead atoms. The minimum atomic E-state index is 0.615. The summed E-state index contributed by atoms with van der Waals surface area (Å²) >= 11 is 3.45.